The Morgan fingerprint density at radius 2 is 1.12 bits per heavy atom. The third-order valence-corrected chi connectivity index (χ3v) is 16.5. The maximum absolute atomic E-state index is 10.1. The molecule has 0 bridgehead atoms. The first-order chi connectivity index (χ1) is 43.8. The third kappa shape index (κ3) is 9.12. The fourth-order valence-electron chi connectivity index (χ4n) is 12.0. The van der Waals surface area contributed by atoms with Crippen LogP contribution < -0.4 is 9.30 Å². The van der Waals surface area contributed by atoms with Gasteiger partial charge in [-0.05, 0) is 142 Å². The van der Waals surface area contributed by atoms with Gasteiger partial charge in [-0.1, -0.05) is 201 Å². The summed E-state index contributed by atoms with van der Waals surface area (Å²) >= 11 is 0. The minimum Gasteiger partial charge on any atom is -0.510 e. The zero-order valence-electron chi connectivity index (χ0n) is 56.5. The van der Waals surface area contributed by atoms with Crippen molar-refractivity contribution in [2.75, 3.05) is 0 Å². The van der Waals surface area contributed by atoms with Gasteiger partial charge in [0.2, 0.25) is 0 Å². The van der Waals surface area contributed by atoms with Crippen molar-refractivity contribution in [2.24, 2.45) is 0 Å². The summed E-state index contributed by atoms with van der Waals surface area (Å²) in [4.78, 5) is 4.90. The normalized spacial score (nSPS) is 13.8. The molecule has 0 fully saturated rings. The maximum atomic E-state index is 10.1. The van der Waals surface area contributed by atoms with E-state index in [4.69, 9.17) is 14.1 Å². The minimum absolute atomic E-state index is 0. The van der Waals surface area contributed by atoms with Crippen molar-refractivity contribution >= 4 is 54.8 Å². The van der Waals surface area contributed by atoms with Crippen molar-refractivity contribution in [1.82, 2.24) is 14.1 Å². The van der Waals surface area contributed by atoms with Gasteiger partial charge < -0.3 is 18.3 Å². The molecule has 0 saturated heterocycles. The van der Waals surface area contributed by atoms with E-state index in [1.807, 2.05) is 125 Å². The average molecular weight is 1290 g/mol. The number of fused-ring (bicyclic) bond motifs is 13. The topological polar surface area (TPSA) is 49.0 Å². The van der Waals surface area contributed by atoms with Crippen molar-refractivity contribution in [1.29, 1.82) is 0 Å². The quantitative estimate of drug-likeness (QED) is 0.123. The van der Waals surface area contributed by atoms with Crippen LogP contribution in [0.5, 0.6) is 11.5 Å². The molecule has 6 nitrogen and oxygen atoms in total. The molecular weight excluding hydrogens is 1220 g/mol. The fourth-order valence-corrected chi connectivity index (χ4v) is 12.0. The molecule has 0 unspecified atom stereocenters. The van der Waals surface area contributed by atoms with E-state index >= 15 is 0 Å². The molecule has 0 amide bonds. The average Bonchev–Trinajstić information content (AvgIpc) is 1.61. The Bertz CT molecular complexity index is 5480. The number of aromatic nitrogens is 4. The second-order valence-electron chi connectivity index (χ2n) is 25.1. The molecule has 418 valence electrons. The van der Waals surface area contributed by atoms with Crippen molar-refractivity contribution in [3.05, 3.63) is 247 Å². The SMILES string of the molecule is [2H]c1c([2H])c([2H])c2c(c1[2H])-c1cccc(-c3cc(C(C)(C)C)cc(C(C)(C)C)c3)c1-[n+]1[c-]n(-c3[c-]c(Oc4[c-]c5c(cc4)c4ccccc4n5-c4cc(C(C)(C)C)ccn4)ccc3)c3cc(-c4ccc5oc6ccccc6c5c4)cc(c31)-c1c([2H])c([2H])c([2H])c([2H])c1-2.[Pt]. The van der Waals surface area contributed by atoms with Gasteiger partial charge in [-0.2, -0.15) is 18.2 Å². The van der Waals surface area contributed by atoms with E-state index in [-0.39, 0.29) is 71.6 Å². The van der Waals surface area contributed by atoms with Crippen molar-refractivity contribution in [3.63, 3.8) is 0 Å². The molecule has 1 aliphatic heterocycles. The molecule has 15 rings (SSSR count). The molecule has 1 aliphatic rings. The van der Waals surface area contributed by atoms with Gasteiger partial charge in [-0.25, -0.2) is 4.98 Å². The van der Waals surface area contributed by atoms with Crippen LogP contribution in [0.15, 0.2) is 217 Å². The van der Waals surface area contributed by atoms with E-state index in [1.54, 1.807) is 0 Å². The minimum atomic E-state index is -0.550. The summed E-state index contributed by atoms with van der Waals surface area (Å²) < 4.78 is 96.5. The molecule has 4 aromatic heterocycles. The first kappa shape index (κ1) is 45.4. The number of pyridine rings is 1. The van der Waals surface area contributed by atoms with Crippen LogP contribution in [0.3, 0.4) is 0 Å². The second-order valence-corrected chi connectivity index (χ2v) is 25.1. The van der Waals surface area contributed by atoms with E-state index in [9.17, 15) is 11.0 Å². The Balaban J connectivity index is 0.00000749. The molecule has 0 N–H and O–H groups in total. The molecular formula is C78H62N4O2Pt-2. The van der Waals surface area contributed by atoms with Crippen LogP contribution in [-0.2, 0) is 37.3 Å². The monoisotopic (exact) mass is 1290 g/mol. The summed E-state index contributed by atoms with van der Waals surface area (Å²) in [6, 6.07) is 55.7. The predicted molar refractivity (Wildman–Crippen MR) is 344 cm³/mol. The van der Waals surface area contributed by atoms with Crippen molar-refractivity contribution in [2.45, 2.75) is 78.6 Å². The number of rotatable bonds is 6. The van der Waals surface area contributed by atoms with Crippen LogP contribution in [0.1, 0.15) is 90.0 Å². The van der Waals surface area contributed by atoms with Crippen molar-refractivity contribution < 1.29 is 45.8 Å². The molecule has 14 aromatic rings. The molecule has 0 spiro atoms. The summed E-state index contributed by atoms with van der Waals surface area (Å²) in [7, 11) is 0. The van der Waals surface area contributed by atoms with Crippen LogP contribution in [0.2, 0.25) is 0 Å². The molecule has 10 aromatic carbocycles. The Morgan fingerprint density at radius 3 is 1.85 bits per heavy atom. The van der Waals surface area contributed by atoms with Crippen LogP contribution >= 0.6 is 0 Å². The predicted octanol–water partition coefficient (Wildman–Crippen LogP) is 20.0. The second kappa shape index (κ2) is 20.0. The third-order valence-electron chi connectivity index (χ3n) is 16.5. The van der Waals surface area contributed by atoms with Gasteiger partial charge in [-0.15, -0.1) is 29.7 Å². The number of benzene rings is 10. The number of nitrogens with zero attached hydrogens (tertiary/aromatic N) is 4. The van der Waals surface area contributed by atoms with E-state index in [0.717, 1.165) is 71.8 Å². The van der Waals surface area contributed by atoms with E-state index in [0.29, 0.717) is 61.7 Å². The molecule has 7 heteroatoms. The molecule has 0 atom stereocenters. The number of para-hydroxylation sites is 3. The van der Waals surface area contributed by atoms with Gasteiger partial charge in [0.15, 0.2) is 0 Å². The van der Waals surface area contributed by atoms with Gasteiger partial charge >= 0.3 is 0 Å². The van der Waals surface area contributed by atoms with Crippen LogP contribution in [0, 0.1) is 18.5 Å². The van der Waals surface area contributed by atoms with Crippen LogP contribution in [0.4, 0.5) is 0 Å². The van der Waals surface area contributed by atoms with E-state index in [2.05, 4.69) is 134 Å². The van der Waals surface area contributed by atoms with E-state index < -0.39 is 36.3 Å². The Morgan fingerprint density at radius 1 is 0.482 bits per heavy atom. The first-order valence-electron chi connectivity index (χ1n) is 32.4. The van der Waals surface area contributed by atoms with Gasteiger partial charge in [-0.3, -0.25) is 4.57 Å². The molecule has 5 heterocycles. The molecule has 85 heavy (non-hydrogen) atoms. The summed E-state index contributed by atoms with van der Waals surface area (Å²) in [5, 5.41) is 3.82. The summed E-state index contributed by atoms with van der Waals surface area (Å²) in [6.07, 6.45) is 5.66. The largest absolute Gasteiger partial charge is 0.510 e. The van der Waals surface area contributed by atoms with Gasteiger partial charge in [0.25, 0.3) is 6.33 Å². The van der Waals surface area contributed by atoms with Gasteiger partial charge in [0, 0.05) is 55.1 Å². The van der Waals surface area contributed by atoms with Gasteiger partial charge in [0.05, 0.1) is 27.7 Å². The standard InChI is InChI=1S/C78H62N4O2.Pt/c1-76(2,3)51-36-37-79-73(44-51)82-68-30-16-14-26-62(68)63-34-33-56(46-69(63)82)83-55-21-18-20-54(45-55)80-47-81-74-57(50-38-52(77(4,5)6)43-53(39-50)78(7,8)9)28-19-29-65(74)60-24-12-10-22-58(60)59-23-11-13-25-61(59)67-41-49(42-70(80)75(67)81)48-32-35-72-66(40-48)64-27-15-17-31-71(64)84-72;/h10-44H,1-9H3;/q-2;/i10D,11D,12D,13D,22D,23D,24D,25D;. The van der Waals surface area contributed by atoms with Crippen LogP contribution in [-0.4, -0.2) is 14.1 Å². The number of hydrogen-bond acceptors (Lipinski definition) is 3. The summed E-state index contributed by atoms with van der Waals surface area (Å²) in [6.45, 7) is 19.7. The molecule has 0 radical (unpaired) electrons. The maximum Gasteiger partial charge on any atom is 0.268 e. The Labute approximate surface area is 522 Å². The van der Waals surface area contributed by atoms with Crippen LogP contribution in [0.25, 0.3) is 128 Å². The number of furan rings is 1. The summed E-state index contributed by atoms with van der Waals surface area (Å²) in [5.41, 5.74) is 11.5. The fraction of sp³-hybridized carbons (Fsp3) is 0.154. The number of ether oxygens (including phenoxy) is 1. The Hall–Kier alpha value is -9.09. The summed E-state index contributed by atoms with van der Waals surface area (Å²) in [5.74, 6) is 1.56. The van der Waals surface area contributed by atoms with Gasteiger partial charge in [0.1, 0.15) is 17.0 Å². The first-order valence-corrected chi connectivity index (χ1v) is 28.4. The molecule has 0 saturated carbocycles. The zero-order valence-corrected chi connectivity index (χ0v) is 50.8. The van der Waals surface area contributed by atoms with Crippen molar-refractivity contribution in [3.8, 4) is 84.3 Å². The molecule has 0 aliphatic carbocycles. The number of imidazole rings is 1. The number of hydrogen-bond donors (Lipinski definition) is 0. The Kier molecular flexibility index (Phi) is 10.7. The van der Waals surface area contributed by atoms with E-state index in [1.165, 1.54) is 0 Å². The smallest absolute Gasteiger partial charge is 0.268 e. The zero-order chi connectivity index (χ0) is 64.4.